The Hall–Kier alpha value is -1.76. The van der Waals surface area contributed by atoms with E-state index in [1.54, 1.807) is 12.1 Å². The number of phenolic OH excluding ortho intramolecular Hbond substituents is 1. The number of hydrogen-bond acceptors (Lipinski definition) is 6. The minimum Gasteiger partial charge on any atom is -0.507 e. The molecule has 2 saturated carbocycles. The molecule has 1 aliphatic heterocycles. The van der Waals surface area contributed by atoms with Crippen LogP contribution >= 0.6 is 0 Å². The molecule has 1 saturated heterocycles. The standard InChI is InChI=1S/C22H26O6/c1-3-10-8-13(24)17-15-16(20(27-4-2)21-22(17,9-10)28-21)19(26)14-11(18(15)25)6-5-7-12(14)23/h5-7,10,13,15-17,20-21,23-24H,3-4,8-9H2,1-2H3/t10-,13+,15+,16+,17?,20-,21+,22-/m1/s1. The molecule has 0 aromatic heterocycles. The first-order chi connectivity index (χ1) is 13.4. The zero-order valence-electron chi connectivity index (χ0n) is 16.1. The minimum atomic E-state index is -0.730. The highest BCUT2D eigenvalue weighted by molar-refractivity contribution is 6.18. The SMILES string of the molecule is CCO[C@@H]1[C@@H]2C(=O)c3c(O)cccc3C(=O)[C@@H]2C2[C@@H](O)C[C@@H](CC)C[C@@]23O[C@@H]13. The molecule has 28 heavy (non-hydrogen) atoms. The van der Waals surface area contributed by atoms with Crippen molar-refractivity contribution in [1.29, 1.82) is 0 Å². The fourth-order valence-electron chi connectivity index (χ4n) is 6.31. The average Bonchev–Trinajstić information content (AvgIpc) is 3.38. The second-order valence-corrected chi connectivity index (χ2v) is 8.70. The summed E-state index contributed by atoms with van der Waals surface area (Å²) in [6, 6.07) is 4.61. The van der Waals surface area contributed by atoms with Crippen molar-refractivity contribution in [1.82, 2.24) is 0 Å². The van der Waals surface area contributed by atoms with Crippen LogP contribution in [0.2, 0.25) is 0 Å². The third-order valence-corrected chi connectivity index (χ3v) is 7.45. The van der Waals surface area contributed by atoms with Crippen molar-refractivity contribution >= 4 is 11.6 Å². The van der Waals surface area contributed by atoms with E-state index in [0.29, 0.717) is 18.9 Å². The number of aromatic hydroxyl groups is 1. The molecular formula is C22H26O6. The molecule has 1 aromatic carbocycles. The molecule has 0 amide bonds. The van der Waals surface area contributed by atoms with Crippen molar-refractivity contribution in [3.05, 3.63) is 29.3 Å². The van der Waals surface area contributed by atoms with Gasteiger partial charge in [0.2, 0.25) is 0 Å². The predicted molar refractivity (Wildman–Crippen MR) is 99.3 cm³/mol. The summed E-state index contributed by atoms with van der Waals surface area (Å²) in [7, 11) is 0. The maximum Gasteiger partial charge on any atom is 0.173 e. The van der Waals surface area contributed by atoms with E-state index < -0.39 is 35.6 Å². The molecule has 1 unspecified atom stereocenters. The molecule has 1 spiro atoms. The third-order valence-electron chi connectivity index (χ3n) is 7.45. The molecule has 8 atom stereocenters. The smallest absolute Gasteiger partial charge is 0.173 e. The molecule has 1 aromatic rings. The van der Waals surface area contributed by atoms with Crippen molar-refractivity contribution < 1.29 is 29.3 Å². The van der Waals surface area contributed by atoms with E-state index in [1.807, 2.05) is 6.92 Å². The fraction of sp³-hybridized carbons (Fsp3) is 0.636. The zero-order valence-corrected chi connectivity index (χ0v) is 16.1. The molecule has 6 nitrogen and oxygen atoms in total. The molecule has 4 aliphatic rings. The van der Waals surface area contributed by atoms with Gasteiger partial charge in [-0.05, 0) is 31.7 Å². The Kier molecular flexibility index (Phi) is 3.99. The lowest BCUT2D eigenvalue weighted by atomic mass is 9.53. The summed E-state index contributed by atoms with van der Waals surface area (Å²) in [5, 5.41) is 21.3. The Labute approximate surface area is 163 Å². The molecule has 3 aliphatic carbocycles. The van der Waals surface area contributed by atoms with E-state index in [9.17, 15) is 19.8 Å². The Morgan fingerprint density at radius 2 is 2.00 bits per heavy atom. The van der Waals surface area contributed by atoms with Crippen LogP contribution in [0.15, 0.2) is 18.2 Å². The Morgan fingerprint density at radius 3 is 2.71 bits per heavy atom. The highest BCUT2D eigenvalue weighted by Crippen LogP contribution is 2.65. The van der Waals surface area contributed by atoms with Gasteiger partial charge < -0.3 is 19.7 Å². The lowest BCUT2D eigenvalue weighted by Crippen LogP contribution is -2.62. The van der Waals surface area contributed by atoms with E-state index in [1.165, 1.54) is 6.07 Å². The number of benzene rings is 1. The van der Waals surface area contributed by atoms with Crippen LogP contribution in [0.25, 0.3) is 0 Å². The summed E-state index contributed by atoms with van der Waals surface area (Å²) < 4.78 is 12.2. The number of hydrogen-bond donors (Lipinski definition) is 2. The number of phenols is 1. The van der Waals surface area contributed by atoms with Gasteiger partial charge in [-0.2, -0.15) is 0 Å². The van der Waals surface area contributed by atoms with Crippen LogP contribution in [0.4, 0.5) is 0 Å². The molecule has 1 heterocycles. The molecule has 5 rings (SSSR count). The van der Waals surface area contributed by atoms with Gasteiger partial charge in [0, 0.05) is 24.0 Å². The van der Waals surface area contributed by atoms with Crippen molar-refractivity contribution in [3.8, 4) is 5.75 Å². The first-order valence-corrected chi connectivity index (χ1v) is 10.3. The van der Waals surface area contributed by atoms with Crippen LogP contribution in [0.1, 0.15) is 53.8 Å². The first-order valence-electron chi connectivity index (χ1n) is 10.3. The number of ether oxygens (including phenoxy) is 2. The summed E-state index contributed by atoms with van der Waals surface area (Å²) in [5.74, 6) is -2.11. The Morgan fingerprint density at radius 1 is 1.21 bits per heavy atom. The number of carbonyl (C=O) groups is 2. The fourth-order valence-corrected chi connectivity index (χ4v) is 6.31. The third kappa shape index (κ3) is 2.19. The zero-order chi connectivity index (χ0) is 19.8. The Bertz CT molecular complexity index is 849. The van der Waals surface area contributed by atoms with E-state index in [2.05, 4.69) is 6.92 Å². The van der Waals surface area contributed by atoms with Gasteiger partial charge in [0.05, 0.1) is 23.7 Å². The molecule has 2 N–H and O–H groups in total. The summed E-state index contributed by atoms with van der Waals surface area (Å²) >= 11 is 0. The number of Topliss-reactive ketones (excluding diaryl/α,β-unsaturated/α-hetero) is 2. The highest BCUT2D eigenvalue weighted by Gasteiger charge is 2.77. The summed E-state index contributed by atoms with van der Waals surface area (Å²) in [6.07, 6.45) is 0.852. The van der Waals surface area contributed by atoms with Gasteiger partial charge in [0.25, 0.3) is 0 Å². The number of ketones is 2. The molecule has 3 fully saturated rings. The average molecular weight is 386 g/mol. The number of epoxide rings is 1. The second-order valence-electron chi connectivity index (χ2n) is 8.70. The molecule has 150 valence electrons. The Balaban J connectivity index is 1.66. The van der Waals surface area contributed by atoms with Gasteiger partial charge in [-0.25, -0.2) is 0 Å². The molecular weight excluding hydrogens is 360 g/mol. The number of fused-ring (bicyclic) bond motifs is 3. The van der Waals surface area contributed by atoms with Gasteiger partial charge in [-0.3, -0.25) is 9.59 Å². The molecule has 6 heteroatoms. The number of aliphatic hydroxyl groups excluding tert-OH is 1. The topological polar surface area (TPSA) is 96.4 Å². The van der Waals surface area contributed by atoms with Gasteiger partial charge in [-0.15, -0.1) is 0 Å². The van der Waals surface area contributed by atoms with Crippen molar-refractivity contribution in [3.63, 3.8) is 0 Å². The van der Waals surface area contributed by atoms with Crippen LogP contribution < -0.4 is 0 Å². The first kappa shape index (κ1) is 18.3. The van der Waals surface area contributed by atoms with Gasteiger partial charge in [0.15, 0.2) is 11.6 Å². The predicted octanol–water partition coefficient (Wildman–Crippen LogP) is 2.36. The van der Waals surface area contributed by atoms with Crippen LogP contribution in [0.5, 0.6) is 5.75 Å². The second kappa shape index (κ2) is 6.12. The van der Waals surface area contributed by atoms with Crippen molar-refractivity contribution in [2.45, 2.75) is 57.0 Å². The van der Waals surface area contributed by atoms with Crippen LogP contribution in [0, 0.1) is 23.7 Å². The van der Waals surface area contributed by atoms with Crippen molar-refractivity contribution in [2.75, 3.05) is 6.61 Å². The monoisotopic (exact) mass is 386 g/mol. The normalized spacial score (nSPS) is 43.6. The van der Waals surface area contributed by atoms with Crippen LogP contribution in [-0.2, 0) is 9.47 Å². The molecule has 0 bridgehead atoms. The number of carbonyl (C=O) groups excluding carboxylic acids is 2. The van der Waals surface area contributed by atoms with Crippen molar-refractivity contribution in [2.24, 2.45) is 23.7 Å². The highest BCUT2D eigenvalue weighted by atomic mass is 16.6. The van der Waals surface area contributed by atoms with Crippen LogP contribution in [-0.4, -0.2) is 52.3 Å². The van der Waals surface area contributed by atoms with Gasteiger partial charge in [0.1, 0.15) is 17.5 Å². The van der Waals surface area contributed by atoms with E-state index in [4.69, 9.17) is 9.47 Å². The van der Waals surface area contributed by atoms with E-state index in [-0.39, 0.29) is 34.5 Å². The lowest BCUT2D eigenvalue weighted by molar-refractivity contribution is -0.0792. The largest absolute Gasteiger partial charge is 0.507 e. The summed E-state index contributed by atoms with van der Waals surface area (Å²) in [4.78, 5) is 27.0. The van der Waals surface area contributed by atoms with Gasteiger partial charge in [-0.1, -0.05) is 25.5 Å². The summed E-state index contributed by atoms with van der Waals surface area (Å²) in [6.45, 7) is 4.37. The summed E-state index contributed by atoms with van der Waals surface area (Å²) in [5.41, 5.74) is -0.243. The quantitative estimate of drug-likeness (QED) is 0.774. The number of aliphatic hydroxyl groups is 1. The molecule has 0 radical (unpaired) electrons. The van der Waals surface area contributed by atoms with E-state index in [0.717, 1.165) is 12.8 Å². The van der Waals surface area contributed by atoms with Gasteiger partial charge >= 0.3 is 0 Å². The maximum atomic E-state index is 13.5. The maximum absolute atomic E-state index is 13.5. The van der Waals surface area contributed by atoms with Crippen LogP contribution in [0.3, 0.4) is 0 Å². The number of rotatable bonds is 3. The van der Waals surface area contributed by atoms with E-state index >= 15 is 0 Å². The minimum absolute atomic E-state index is 0.0864. The lowest BCUT2D eigenvalue weighted by Gasteiger charge is -2.50.